The monoisotopic (exact) mass is 279 g/mol. The first kappa shape index (κ1) is 13.4. The van der Waals surface area contributed by atoms with Gasteiger partial charge < -0.3 is 9.72 Å². The largest absolute Gasteiger partial charge is 0.461 e. The van der Waals surface area contributed by atoms with Gasteiger partial charge in [0.05, 0.1) is 12.1 Å². The molecule has 0 radical (unpaired) electrons. The summed E-state index contributed by atoms with van der Waals surface area (Å²) in [4.78, 5) is 15.1. The van der Waals surface area contributed by atoms with Gasteiger partial charge in [-0.25, -0.2) is 4.79 Å². The predicted octanol–water partition coefficient (Wildman–Crippen LogP) is 4.32. The van der Waals surface area contributed by atoms with Crippen LogP contribution in [0.25, 0.3) is 22.0 Å². The maximum absolute atomic E-state index is 11.9. The van der Waals surface area contributed by atoms with Crippen molar-refractivity contribution in [3.63, 3.8) is 0 Å². The van der Waals surface area contributed by atoms with Gasteiger partial charge in [0.25, 0.3) is 0 Å². The molecule has 2 aromatic carbocycles. The SMILES string of the molecule is CCOC(=O)c1cc2cccc(-c3ccccc3C)c2[nH]1. The highest BCUT2D eigenvalue weighted by molar-refractivity contribution is 6.00. The van der Waals surface area contributed by atoms with Crippen molar-refractivity contribution in [2.75, 3.05) is 6.61 Å². The van der Waals surface area contributed by atoms with Crippen LogP contribution in [0.3, 0.4) is 0 Å². The maximum atomic E-state index is 11.9. The van der Waals surface area contributed by atoms with Gasteiger partial charge in [0.1, 0.15) is 5.69 Å². The lowest BCUT2D eigenvalue weighted by Gasteiger charge is -2.07. The van der Waals surface area contributed by atoms with Gasteiger partial charge in [-0.2, -0.15) is 0 Å². The number of rotatable bonds is 3. The number of carbonyl (C=O) groups excluding carboxylic acids is 1. The Kier molecular flexibility index (Phi) is 3.48. The van der Waals surface area contributed by atoms with Crippen molar-refractivity contribution in [1.82, 2.24) is 4.98 Å². The molecule has 3 heteroatoms. The second-order valence-electron chi connectivity index (χ2n) is 4.99. The molecule has 21 heavy (non-hydrogen) atoms. The van der Waals surface area contributed by atoms with Crippen LogP contribution in [0, 0.1) is 6.92 Å². The fourth-order valence-electron chi connectivity index (χ4n) is 2.57. The highest BCUT2D eigenvalue weighted by atomic mass is 16.5. The first-order chi connectivity index (χ1) is 10.2. The summed E-state index contributed by atoms with van der Waals surface area (Å²) in [5.74, 6) is -0.315. The van der Waals surface area contributed by atoms with E-state index < -0.39 is 0 Å². The fraction of sp³-hybridized carbons (Fsp3) is 0.167. The molecule has 0 amide bonds. The fourth-order valence-corrected chi connectivity index (χ4v) is 2.57. The summed E-state index contributed by atoms with van der Waals surface area (Å²) in [7, 11) is 0. The number of aromatic nitrogens is 1. The lowest BCUT2D eigenvalue weighted by Crippen LogP contribution is -2.04. The first-order valence-corrected chi connectivity index (χ1v) is 7.05. The minimum Gasteiger partial charge on any atom is -0.461 e. The first-order valence-electron chi connectivity index (χ1n) is 7.05. The molecule has 3 nitrogen and oxygen atoms in total. The van der Waals surface area contributed by atoms with Crippen molar-refractivity contribution in [1.29, 1.82) is 0 Å². The average Bonchev–Trinajstić information content (AvgIpc) is 2.92. The van der Waals surface area contributed by atoms with E-state index in [0.717, 1.165) is 16.5 Å². The molecule has 3 rings (SSSR count). The second-order valence-corrected chi connectivity index (χ2v) is 4.99. The molecule has 0 saturated heterocycles. The molecule has 0 aliphatic carbocycles. The van der Waals surface area contributed by atoms with Crippen molar-refractivity contribution >= 4 is 16.9 Å². The molecular formula is C18H17NO2. The number of hydrogen-bond donors (Lipinski definition) is 1. The summed E-state index contributed by atoms with van der Waals surface area (Å²) in [5, 5.41) is 1.01. The van der Waals surface area contributed by atoms with Crippen LogP contribution >= 0.6 is 0 Å². The molecule has 0 spiro atoms. The van der Waals surface area contributed by atoms with Gasteiger partial charge in [-0.05, 0) is 31.0 Å². The number of ether oxygens (including phenoxy) is 1. The van der Waals surface area contributed by atoms with Crippen LogP contribution in [0.4, 0.5) is 0 Å². The van der Waals surface area contributed by atoms with Gasteiger partial charge in [0.2, 0.25) is 0 Å². The molecule has 0 aliphatic rings. The van der Waals surface area contributed by atoms with E-state index in [1.165, 1.54) is 11.1 Å². The smallest absolute Gasteiger partial charge is 0.354 e. The summed E-state index contributed by atoms with van der Waals surface area (Å²) in [6.45, 7) is 4.27. The van der Waals surface area contributed by atoms with Gasteiger partial charge >= 0.3 is 5.97 Å². The van der Waals surface area contributed by atoms with Crippen molar-refractivity contribution in [2.45, 2.75) is 13.8 Å². The summed E-state index contributed by atoms with van der Waals surface area (Å²) >= 11 is 0. The molecular weight excluding hydrogens is 262 g/mol. The minimum absolute atomic E-state index is 0.315. The molecule has 3 aromatic rings. The van der Waals surface area contributed by atoms with E-state index in [4.69, 9.17) is 4.74 Å². The topological polar surface area (TPSA) is 42.1 Å². The molecule has 0 unspecified atom stereocenters. The Morgan fingerprint density at radius 1 is 1.10 bits per heavy atom. The van der Waals surface area contributed by atoms with E-state index in [1.807, 2.05) is 30.3 Å². The Bertz CT molecular complexity index is 802. The number of H-pyrrole nitrogens is 1. The van der Waals surface area contributed by atoms with E-state index in [9.17, 15) is 4.79 Å². The van der Waals surface area contributed by atoms with Crippen LogP contribution < -0.4 is 0 Å². The third-order valence-electron chi connectivity index (χ3n) is 3.59. The minimum atomic E-state index is -0.315. The average molecular weight is 279 g/mol. The number of hydrogen-bond acceptors (Lipinski definition) is 2. The third-order valence-corrected chi connectivity index (χ3v) is 3.59. The van der Waals surface area contributed by atoms with Gasteiger partial charge in [-0.1, -0.05) is 42.5 Å². The van der Waals surface area contributed by atoms with Gasteiger partial charge in [-0.15, -0.1) is 0 Å². The number of para-hydroxylation sites is 1. The lowest BCUT2D eigenvalue weighted by atomic mass is 9.99. The van der Waals surface area contributed by atoms with Crippen LogP contribution in [-0.4, -0.2) is 17.6 Å². The van der Waals surface area contributed by atoms with E-state index >= 15 is 0 Å². The van der Waals surface area contributed by atoms with E-state index in [-0.39, 0.29) is 5.97 Å². The second kappa shape index (κ2) is 5.44. The van der Waals surface area contributed by atoms with Crippen molar-refractivity contribution < 1.29 is 9.53 Å². The standard InChI is InChI=1S/C18H17NO2/c1-3-21-18(20)16-11-13-8-6-10-15(17(13)19-16)14-9-5-4-7-12(14)2/h4-11,19H,3H2,1-2H3. The van der Waals surface area contributed by atoms with Crippen molar-refractivity contribution in [2.24, 2.45) is 0 Å². The highest BCUT2D eigenvalue weighted by Gasteiger charge is 2.13. The predicted molar refractivity (Wildman–Crippen MR) is 84.4 cm³/mol. The number of aromatic amines is 1. The number of benzene rings is 2. The molecule has 0 saturated carbocycles. The van der Waals surface area contributed by atoms with Gasteiger partial charge in [-0.3, -0.25) is 0 Å². The zero-order valence-corrected chi connectivity index (χ0v) is 12.1. The van der Waals surface area contributed by atoms with Crippen LogP contribution in [0.15, 0.2) is 48.5 Å². The van der Waals surface area contributed by atoms with Crippen LogP contribution in [0.1, 0.15) is 23.0 Å². The van der Waals surface area contributed by atoms with E-state index in [2.05, 4.69) is 30.1 Å². The zero-order chi connectivity index (χ0) is 14.8. The third kappa shape index (κ3) is 2.42. The molecule has 1 aromatic heterocycles. The number of aryl methyl sites for hydroxylation is 1. The Balaban J connectivity index is 2.17. The molecule has 0 atom stereocenters. The molecule has 106 valence electrons. The normalized spacial score (nSPS) is 10.8. The summed E-state index contributed by atoms with van der Waals surface area (Å²) < 4.78 is 5.06. The maximum Gasteiger partial charge on any atom is 0.354 e. The quantitative estimate of drug-likeness (QED) is 0.725. The van der Waals surface area contributed by atoms with Crippen LogP contribution in [0.5, 0.6) is 0 Å². The van der Waals surface area contributed by atoms with Crippen LogP contribution in [0.2, 0.25) is 0 Å². The Morgan fingerprint density at radius 2 is 1.86 bits per heavy atom. The van der Waals surface area contributed by atoms with Gasteiger partial charge in [0.15, 0.2) is 0 Å². The molecule has 0 fully saturated rings. The Hall–Kier alpha value is -2.55. The van der Waals surface area contributed by atoms with E-state index in [1.54, 1.807) is 6.92 Å². The number of carbonyl (C=O) groups is 1. The molecule has 0 aliphatic heterocycles. The zero-order valence-electron chi connectivity index (χ0n) is 12.1. The molecule has 0 bridgehead atoms. The van der Waals surface area contributed by atoms with Gasteiger partial charge in [0, 0.05) is 10.9 Å². The lowest BCUT2D eigenvalue weighted by molar-refractivity contribution is 0.0520. The van der Waals surface area contributed by atoms with Crippen molar-refractivity contribution in [3.05, 3.63) is 59.8 Å². The summed E-state index contributed by atoms with van der Waals surface area (Å²) in [6.07, 6.45) is 0. The Labute approximate surface area is 123 Å². The number of fused-ring (bicyclic) bond motifs is 1. The Morgan fingerprint density at radius 3 is 2.62 bits per heavy atom. The van der Waals surface area contributed by atoms with Crippen LogP contribution in [-0.2, 0) is 4.74 Å². The molecule has 1 heterocycles. The van der Waals surface area contributed by atoms with E-state index in [0.29, 0.717) is 12.3 Å². The summed E-state index contributed by atoms with van der Waals surface area (Å²) in [6, 6.07) is 16.1. The number of nitrogens with one attached hydrogen (secondary N) is 1. The highest BCUT2D eigenvalue weighted by Crippen LogP contribution is 2.30. The van der Waals surface area contributed by atoms with Crippen molar-refractivity contribution in [3.8, 4) is 11.1 Å². The number of esters is 1. The summed E-state index contributed by atoms with van der Waals surface area (Å²) in [5.41, 5.74) is 4.93. The molecule has 1 N–H and O–H groups in total.